The molecule has 9 nitrogen and oxygen atoms in total. The number of nitrogens with one attached hydrogen (secondary N) is 1. The molecule has 1 heterocycles. The van der Waals surface area contributed by atoms with Gasteiger partial charge >= 0.3 is 0 Å². The topological polar surface area (TPSA) is 113 Å². The van der Waals surface area contributed by atoms with Gasteiger partial charge in [0.05, 0.1) is 37.5 Å². The van der Waals surface area contributed by atoms with E-state index in [-0.39, 0.29) is 16.4 Å². The summed E-state index contributed by atoms with van der Waals surface area (Å²) >= 11 is 0. The van der Waals surface area contributed by atoms with Crippen LogP contribution in [0.4, 0.5) is 5.69 Å². The summed E-state index contributed by atoms with van der Waals surface area (Å²) in [5.74, 6) is 1.83. The van der Waals surface area contributed by atoms with Gasteiger partial charge in [-0.05, 0) is 30.3 Å². The lowest BCUT2D eigenvalue weighted by molar-refractivity contribution is 0.392. The normalized spacial score (nSPS) is 11.1. The van der Waals surface area contributed by atoms with E-state index in [0.717, 1.165) is 0 Å². The lowest BCUT2D eigenvalue weighted by atomic mass is 10.2. The number of aryl methyl sites for hydroxylation is 1. The molecule has 10 heteroatoms. The molecular weight excluding hydrogens is 386 g/mol. The van der Waals surface area contributed by atoms with Crippen LogP contribution in [0.1, 0.15) is 5.89 Å². The van der Waals surface area contributed by atoms with E-state index < -0.39 is 10.0 Å². The van der Waals surface area contributed by atoms with Crippen LogP contribution in [0.3, 0.4) is 0 Å². The zero-order valence-electron chi connectivity index (χ0n) is 15.7. The van der Waals surface area contributed by atoms with Gasteiger partial charge in [0.15, 0.2) is 0 Å². The van der Waals surface area contributed by atoms with Crippen LogP contribution in [-0.2, 0) is 10.0 Å². The first-order valence-electron chi connectivity index (χ1n) is 8.11. The van der Waals surface area contributed by atoms with Crippen molar-refractivity contribution < 1.29 is 27.2 Å². The van der Waals surface area contributed by atoms with E-state index in [1.54, 1.807) is 19.1 Å². The van der Waals surface area contributed by atoms with E-state index in [4.69, 9.17) is 18.7 Å². The summed E-state index contributed by atoms with van der Waals surface area (Å²) in [5.41, 5.74) is 0.634. The van der Waals surface area contributed by atoms with E-state index in [2.05, 4.69) is 14.9 Å². The first kappa shape index (κ1) is 19.5. The molecule has 0 fully saturated rings. The van der Waals surface area contributed by atoms with Gasteiger partial charge in [-0.3, -0.25) is 4.72 Å². The predicted molar refractivity (Wildman–Crippen MR) is 101 cm³/mol. The van der Waals surface area contributed by atoms with Gasteiger partial charge in [-0.15, -0.1) is 0 Å². The maximum Gasteiger partial charge on any atom is 0.262 e. The third kappa shape index (κ3) is 3.86. The van der Waals surface area contributed by atoms with Gasteiger partial charge in [0.1, 0.15) is 17.2 Å². The van der Waals surface area contributed by atoms with Crippen molar-refractivity contribution in [3.05, 3.63) is 42.3 Å². The van der Waals surface area contributed by atoms with Crippen LogP contribution < -0.4 is 18.9 Å². The Morgan fingerprint density at radius 3 is 2.29 bits per heavy atom. The molecule has 148 valence electrons. The average Bonchev–Trinajstić information content (AvgIpc) is 3.13. The predicted octanol–water partition coefficient (Wildman–Crippen LogP) is 2.87. The summed E-state index contributed by atoms with van der Waals surface area (Å²) in [6.45, 7) is 1.64. The first-order valence-corrected chi connectivity index (χ1v) is 9.60. The standard InChI is InChI=1S/C18H19N3O6S/c1-11-19-18(20-27-11)14-10-13(6-8-16(14)25-3)28(22,23)21-15-9-12(24-2)5-7-17(15)26-4/h5-10,21H,1-4H3. The molecule has 3 aromatic rings. The molecule has 0 unspecified atom stereocenters. The van der Waals surface area contributed by atoms with Crippen LogP contribution in [0, 0.1) is 6.92 Å². The Morgan fingerprint density at radius 2 is 1.68 bits per heavy atom. The molecule has 0 saturated heterocycles. The monoisotopic (exact) mass is 405 g/mol. The fourth-order valence-corrected chi connectivity index (χ4v) is 3.62. The van der Waals surface area contributed by atoms with Gasteiger partial charge in [-0.25, -0.2) is 8.42 Å². The maximum atomic E-state index is 12.9. The molecule has 0 saturated carbocycles. The number of sulfonamides is 1. The fourth-order valence-electron chi connectivity index (χ4n) is 2.54. The minimum absolute atomic E-state index is 0.00405. The van der Waals surface area contributed by atoms with Gasteiger partial charge in [-0.2, -0.15) is 4.98 Å². The van der Waals surface area contributed by atoms with E-state index in [1.165, 1.54) is 45.6 Å². The molecular formula is C18H19N3O6S. The smallest absolute Gasteiger partial charge is 0.262 e. The summed E-state index contributed by atoms with van der Waals surface area (Å²) in [7, 11) is 0.462. The van der Waals surface area contributed by atoms with Crippen molar-refractivity contribution in [1.29, 1.82) is 0 Å². The Bertz CT molecular complexity index is 1090. The van der Waals surface area contributed by atoms with Gasteiger partial charge in [0, 0.05) is 13.0 Å². The lowest BCUT2D eigenvalue weighted by Crippen LogP contribution is -2.14. The Labute approximate surface area is 162 Å². The number of nitrogens with zero attached hydrogens (tertiary/aromatic N) is 2. The second-order valence-corrected chi connectivity index (χ2v) is 7.35. The quantitative estimate of drug-likeness (QED) is 0.638. The van der Waals surface area contributed by atoms with Crippen molar-refractivity contribution in [2.75, 3.05) is 26.1 Å². The lowest BCUT2D eigenvalue weighted by Gasteiger charge is -2.14. The number of benzene rings is 2. The summed E-state index contributed by atoms with van der Waals surface area (Å²) in [5, 5.41) is 3.83. The van der Waals surface area contributed by atoms with Crippen molar-refractivity contribution in [2.45, 2.75) is 11.8 Å². The molecule has 0 bridgehead atoms. The van der Waals surface area contributed by atoms with Crippen molar-refractivity contribution in [3.63, 3.8) is 0 Å². The van der Waals surface area contributed by atoms with Crippen molar-refractivity contribution in [3.8, 4) is 28.6 Å². The molecule has 1 aromatic heterocycles. The van der Waals surface area contributed by atoms with Crippen molar-refractivity contribution in [1.82, 2.24) is 10.1 Å². The van der Waals surface area contributed by atoms with Gasteiger partial charge in [0.25, 0.3) is 10.0 Å². The van der Waals surface area contributed by atoms with Gasteiger partial charge in [0.2, 0.25) is 11.7 Å². The molecule has 3 rings (SSSR count). The number of hydrogen-bond acceptors (Lipinski definition) is 8. The van der Waals surface area contributed by atoms with Gasteiger partial charge < -0.3 is 18.7 Å². The molecule has 0 atom stereocenters. The number of anilines is 1. The van der Waals surface area contributed by atoms with Crippen molar-refractivity contribution in [2.24, 2.45) is 0 Å². The average molecular weight is 405 g/mol. The minimum atomic E-state index is -3.95. The van der Waals surface area contributed by atoms with Crippen LogP contribution in [-0.4, -0.2) is 39.9 Å². The fraction of sp³-hybridized carbons (Fsp3) is 0.222. The number of aromatic nitrogens is 2. The number of methoxy groups -OCH3 is 3. The number of hydrogen-bond donors (Lipinski definition) is 1. The van der Waals surface area contributed by atoms with Crippen LogP contribution >= 0.6 is 0 Å². The van der Waals surface area contributed by atoms with E-state index in [1.807, 2.05) is 0 Å². The molecule has 0 aliphatic rings. The summed E-state index contributed by atoms with van der Waals surface area (Å²) < 4.78 is 49.0. The third-order valence-corrected chi connectivity index (χ3v) is 5.26. The highest BCUT2D eigenvalue weighted by Gasteiger charge is 2.21. The van der Waals surface area contributed by atoms with Crippen LogP contribution in [0.2, 0.25) is 0 Å². The second kappa shape index (κ2) is 7.77. The molecule has 2 aromatic carbocycles. The molecule has 1 N–H and O–H groups in total. The van der Waals surface area contributed by atoms with Gasteiger partial charge in [-0.1, -0.05) is 5.16 Å². The first-order chi connectivity index (χ1) is 13.4. The van der Waals surface area contributed by atoms with E-state index in [9.17, 15) is 8.42 Å². The van der Waals surface area contributed by atoms with Crippen LogP contribution in [0.5, 0.6) is 17.2 Å². The Balaban J connectivity index is 2.03. The minimum Gasteiger partial charge on any atom is -0.497 e. The highest BCUT2D eigenvalue weighted by atomic mass is 32.2. The highest BCUT2D eigenvalue weighted by Crippen LogP contribution is 2.33. The molecule has 0 aliphatic carbocycles. The van der Waals surface area contributed by atoms with Crippen molar-refractivity contribution >= 4 is 15.7 Å². The summed E-state index contributed by atoms with van der Waals surface area (Å²) in [4.78, 5) is 4.13. The van der Waals surface area contributed by atoms with E-state index in [0.29, 0.717) is 28.7 Å². The molecule has 28 heavy (non-hydrogen) atoms. The van der Waals surface area contributed by atoms with E-state index >= 15 is 0 Å². The molecule has 0 radical (unpaired) electrons. The Hall–Kier alpha value is -3.27. The largest absolute Gasteiger partial charge is 0.497 e. The number of ether oxygens (including phenoxy) is 3. The molecule has 0 amide bonds. The molecule has 0 spiro atoms. The van der Waals surface area contributed by atoms with Crippen LogP contribution in [0.15, 0.2) is 45.8 Å². The maximum absolute atomic E-state index is 12.9. The summed E-state index contributed by atoms with van der Waals surface area (Å²) in [6.07, 6.45) is 0. The zero-order valence-corrected chi connectivity index (χ0v) is 16.5. The van der Waals surface area contributed by atoms with Crippen LogP contribution in [0.25, 0.3) is 11.4 Å². The highest BCUT2D eigenvalue weighted by molar-refractivity contribution is 7.92. The summed E-state index contributed by atoms with van der Waals surface area (Å²) in [6, 6.07) is 9.17. The zero-order chi connectivity index (χ0) is 20.3. The molecule has 0 aliphatic heterocycles. The third-order valence-electron chi connectivity index (χ3n) is 3.90. The Kier molecular flexibility index (Phi) is 5.41. The Morgan fingerprint density at radius 1 is 0.964 bits per heavy atom. The SMILES string of the molecule is COc1ccc(OC)c(NS(=O)(=O)c2ccc(OC)c(-c3noc(C)n3)c2)c1. The number of rotatable bonds is 7. The second-order valence-electron chi connectivity index (χ2n) is 5.67.